The lowest BCUT2D eigenvalue weighted by molar-refractivity contribution is -0.119. The van der Waals surface area contributed by atoms with Gasteiger partial charge in [0.2, 0.25) is 5.91 Å². The van der Waals surface area contributed by atoms with Gasteiger partial charge in [-0.15, -0.1) is 0 Å². The van der Waals surface area contributed by atoms with Gasteiger partial charge >= 0.3 is 0 Å². The van der Waals surface area contributed by atoms with Crippen molar-refractivity contribution in [3.8, 4) is 17.1 Å². The van der Waals surface area contributed by atoms with E-state index in [0.29, 0.717) is 54.2 Å². The molecule has 3 aromatic carbocycles. The van der Waals surface area contributed by atoms with Gasteiger partial charge in [-0.1, -0.05) is 54.6 Å². The summed E-state index contributed by atoms with van der Waals surface area (Å²) in [7, 11) is 0. The number of aromatic hydroxyl groups is 1. The molecule has 0 bridgehead atoms. The van der Waals surface area contributed by atoms with E-state index in [1.807, 2.05) is 67.6 Å². The highest BCUT2D eigenvalue weighted by molar-refractivity contribution is 6.05. The van der Waals surface area contributed by atoms with Gasteiger partial charge in [0.1, 0.15) is 11.4 Å². The van der Waals surface area contributed by atoms with E-state index in [0.717, 1.165) is 27.8 Å². The summed E-state index contributed by atoms with van der Waals surface area (Å²) in [6.07, 6.45) is 0.597. The Kier molecular flexibility index (Phi) is 5.91. The summed E-state index contributed by atoms with van der Waals surface area (Å²) in [5, 5.41) is 13.9. The summed E-state index contributed by atoms with van der Waals surface area (Å²) in [5.41, 5.74) is 5.55. The Morgan fingerprint density at radius 2 is 1.80 bits per heavy atom. The second kappa shape index (κ2) is 9.18. The van der Waals surface area contributed by atoms with Crippen molar-refractivity contribution in [2.45, 2.75) is 33.4 Å². The van der Waals surface area contributed by atoms with Crippen LogP contribution in [0.25, 0.3) is 22.3 Å². The Labute approximate surface area is 203 Å². The average Bonchev–Trinajstić information content (AvgIpc) is 2.88. The molecule has 0 aliphatic carbocycles. The van der Waals surface area contributed by atoms with Crippen LogP contribution in [0.1, 0.15) is 39.7 Å². The summed E-state index contributed by atoms with van der Waals surface area (Å²) in [6.45, 7) is 4.75. The first-order chi connectivity index (χ1) is 16.9. The Morgan fingerprint density at radius 1 is 1.03 bits per heavy atom. The monoisotopic (exact) mass is 466 g/mol. The highest BCUT2D eigenvalue weighted by Crippen LogP contribution is 2.31. The quantitative estimate of drug-likeness (QED) is 0.471. The lowest BCUT2D eigenvalue weighted by Gasteiger charge is -2.29. The predicted octanol–water partition coefficient (Wildman–Crippen LogP) is 4.15. The van der Waals surface area contributed by atoms with Crippen molar-refractivity contribution in [1.82, 2.24) is 20.2 Å². The van der Waals surface area contributed by atoms with E-state index >= 15 is 0 Å². The van der Waals surface area contributed by atoms with E-state index in [2.05, 4.69) is 5.32 Å². The van der Waals surface area contributed by atoms with Crippen LogP contribution >= 0.6 is 0 Å². The smallest absolute Gasteiger partial charge is 0.273 e. The van der Waals surface area contributed by atoms with Crippen LogP contribution in [0.4, 0.5) is 0 Å². The van der Waals surface area contributed by atoms with E-state index in [1.165, 1.54) is 6.92 Å². The molecule has 0 spiro atoms. The number of benzene rings is 3. The number of carbonyl (C=O) groups is 2. The second-order valence-electron chi connectivity index (χ2n) is 8.87. The minimum atomic E-state index is -0.155. The van der Waals surface area contributed by atoms with Crippen molar-refractivity contribution >= 4 is 22.7 Å². The van der Waals surface area contributed by atoms with Gasteiger partial charge in [0.15, 0.2) is 5.82 Å². The highest BCUT2D eigenvalue weighted by Gasteiger charge is 2.27. The molecule has 7 nitrogen and oxygen atoms in total. The molecule has 7 heteroatoms. The van der Waals surface area contributed by atoms with Crippen LogP contribution in [-0.2, 0) is 24.3 Å². The first-order valence-corrected chi connectivity index (χ1v) is 11.6. The molecule has 35 heavy (non-hydrogen) atoms. The predicted molar refractivity (Wildman–Crippen MR) is 134 cm³/mol. The number of nitrogens with one attached hydrogen (secondary N) is 1. The third-order valence-electron chi connectivity index (χ3n) is 6.42. The molecule has 1 aliphatic rings. The molecular weight excluding hydrogens is 440 g/mol. The molecule has 5 rings (SSSR count). The van der Waals surface area contributed by atoms with E-state index < -0.39 is 0 Å². The standard InChI is InChI=1S/C28H26N4O3/c1-17-7-10-21-16-32(14-13-22(21)26(17)34)28(35)25-23-5-3-4-6-24(23)30-27(31-25)20-11-8-19(9-12-20)15-29-18(2)33/h3-12,34H,13-16H2,1-2H3,(H,29,33). The maximum Gasteiger partial charge on any atom is 0.273 e. The average molecular weight is 467 g/mol. The molecule has 0 saturated heterocycles. The number of hydrogen-bond acceptors (Lipinski definition) is 5. The van der Waals surface area contributed by atoms with E-state index in [4.69, 9.17) is 9.97 Å². The Balaban J connectivity index is 1.49. The van der Waals surface area contributed by atoms with Crippen LogP contribution in [-0.4, -0.2) is 38.3 Å². The van der Waals surface area contributed by atoms with Gasteiger partial charge in [0.25, 0.3) is 5.91 Å². The number of phenols is 1. The highest BCUT2D eigenvalue weighted by atomic mass is 16.3. The number of aryl methyl sites for hydroxylation is 1. The minimum absolute atomic E-state index is 0.0826. The lowest BCUT2D eigenvalue weighted by atomic mass is 9.96. The largest absolute Gasteiger partial charge is 0.507 e. The molecule has 0 radical (unpaired) electrons. The number of nitrogens with zero attached hydrogens (tertiary/aromatic N) is 3. The lowest BCUT2D eigenvalue weighted by Crippen LogP contribution is -2.36. The summed E-state index contributed by atoms with van der Waals surface area (Å²) in [5.74, 6) is 0.564. The number of aromatic nitrogens is 2. The third-order valence-corrected chi connectivity index (χ3v) is 6.42. The van der Waals surface area contributed by atoms with Gasteiger partial charge in [-0.3, -0.25) is 9.59 Å². The summed E-state index contributed by atoms with van der Waals surface area (Å²) >= 11 is 0. The maximum absolute atomic E-state index is 13.7. The second-order valence-corrected chi connectivity index (χ2v) is 8.87. The van der Waals surface area contributed by atoms with E-state index in [1.54, 1.807) is 4.90 Å². The first kappa shape index (κ1) is 22.5. The fourth-order valence-electron chi connectivity index (χ4n) is 4.44. The van der Waals surface area contributed by atoms with Crippen molar-refractivity contribution in [2.24, 2.45) is 0 Å². The number of hydrogen-bond donors (Lipinski definition) is 2. The molecule has 0 saturated carbocycles. The number of carbonyl (C=O) groups excluding carboxylic acids is 2. The number of phenolic OH excluding ortho intramolecular Hbond substituents is 1. The molecular formula is C28H26N4O3. The van der Waals surface area contributed by atoms with Crippen LogP contribution in [0.15, 0.2) is 60.7 Å². The summed E-state index contributed by atoms with van der Waals surface area (Å²) < 4.78 is 0. The molecule has 2 heterocycles. The number of fused-ring (bicyclic) bond motifs is 2. The van der Waals surface area contributed by atoms with Crippen LogP contribution in [0.5, 0.6) is 5.75 Å². The van der Waals surface area contributed by atoms with Crippen molar-refractivity contribution in [3.63, 3.8) is 0 Å². The molecule has 4 aromatic rings. The number of amides is 2. The molecule has 0 fully saturated rings. The van der Waals surface area contributed by atoms with Crippen molar-refractivity contribution in [1.29, 1.82) is 0 Å². The molecule has 2 N–H and O–H groups in total. The van der Waals surface area contributed by atoms with Gasteiger partial charge < -0.3 is 15.3 Å². The van der Waals surface area contributed by atoms with E-state index in [-0.39, 0.29) is 11.8 Å². The molecule has 0 atom stereocenters. The Bertz CT molecular complexity index is 1450. The zero-order chi connectivity index (χ0) is 24.5. The van der Waals surface area contributed by atoms with Gasteiger partial charge in [-0.25, -0.2) is 9.97 Å². The normalized spacial score (nSPS) is 12.9. The maximum atomic E-state index is 13.7. The van der Waals surface area contributed by atoms with Crippen LogP contribution < -0.4 is 5.32 Å². The van der Waals surface area contributed by atoms with Crippen molar-refractivity contribution in [3.05, 3.63) is 88.6 Å². The fourth-order valence-corrected chi connectivity index (χ4v) is 4.44. The Morgan fingerprint density at radius 3 is 2.57 bits per heavy atom. The van der Waals surface area contributed by atoms with Crippen LogP contribution in [0, 0.1) is 6.92 Å². The molecule has 1 aliphatic heterocycles. The molecule has 176 valence electrons. The summed E-state index contributed by atoms with van der Waals surface area (Å²) in [4.78, 5) is 36.1. The van der Waals surface area contributed by atoms with Gasteiger partial charge in [-0.2, -0.15) is 0 Å². The fraction of sp³-hybridized carbons (Fsp3) is 0.214. The molecule has 0 unspecified atom stereocenters. The van der Waals surface area contributed by atoms with Crippen molar-refractivity contribution < 1.29 is 14.7 Å². The van der Waals surface area contributed by atoms with Crippen molar-refractivity contribution in [2.75, 3.05) is 6.54 Å². The van der Waals surface area contributed by atoms with Crippen LogP contribution in [0.3, 0.4) is 0 Å². The van der Waals surface area contributed by atoms with Crippen LogP contribution in [0.2, 0.25) is 0 Å². The SMILES string of the molecule is CC(=O)NCc1ccc(-c2nc(C(=O)N3CCc4c(ccc(C)c4O)C3)c3ccccc3n2)cc1. The number of rotatable bonds is 4. The zero-order valence-electron chi connectivity index (χ0n) is 19.7. The topological polar surface area (TPSA) is 95.4 Å². The third kappa shape index (κ3) is 4.45. The first-order valence-electron chi connectivity index (χ1n) is 11.6. The minimum Gasteiger partial charge on any atom is -0.507 e. The number of para-hydroxylation sites is 1. The van der Waals surface area contributed by atoms with Gasteiger partial charge in [0, 0.05) is 43.1 Å². The van der Waals surface area contributed by atoms with E-state index in [9.17, 15) is 14.7 Å². The van der Waals surface area contributed by atoms with Gasteiger partial charge in [0.05, 0.1) is 5.52 Å². The molecule has 1 aromatic heterocycles. The Hall–Kier alpha value is -4.26. The molecule has 2 amide bonds. The van der Waals surface area contributed by atoms with Gasteiger partial charge in [-0.05, 0) is 36.1 Å². The summed E-state index contributed by atoms with van der Waals surface area (Å²) in [6, 6.07) is 19.0. The zero-order valence-corrected chi connectivity index (χ0v) is 19.7.